The Morgan fingerprint density at radius 3 is 2.13 bits per heavy atom. The van der Waals surface area contributed by atoms with Crippen LogP contribution in [-0.4, -0.2) is 164 Å². The van der Waals surface area contributed by atoms with Gasteiger partial charge in [0.1, 0.15) is 67.1 Å². The van der Waals surface area contributed by atoms with E-state index in [4.69, 9.17) is 28.4 Å². The van der Waals surface area contributed by atoms with Gasteiger partial charge >= 0.3 is 0 Å². The fraction of sp³-hybridized carbons (Fsp3) is 0.921. The summed E-state index contributed by atoms with van der Waals surface area (Å²) < 4.78 is 35.7. The van der Waals surface area contributed by atoms with Gasteiger partial charge in [0.15, 0.2) is 24.7 Å². The number of carbonyl (C=O) groups is 1. The predicted octanol–water partition coefficient (Wildman–Crippen LogP) is -1.37. The Labute approximate surface area is 315 Å². The van der Waals surface area contributed by atoms with Gasteiger partial charge in [0.25, 0.3) is 0 Å². The quantitative estimate of drug-likeness (QED) is 0.123. The second-order valence-electron chi connectivity index (χ2n) is 17.4. The molecule has 0 spiro atoms. The largest absolute Gasteiger partial charge is 0.394 e. The molecule has 16 heteroatoms. The van der Waals surface area contributed by atoms with Crippen LogP contribution in [0.2, 0.25) is 0 Å². The highest BCUT2D eigenvalue weighted by molar-refractivity contribution is 5.95. The molecular weight excluding hydrogens is 712 g/mol. The Balaban J connectivity index is 1.08. The normalized spacial score (nSPS) is 53.6. The number of aliphatic hydroxyl groups is 9. The van der Waals surface area contributed by atoms with Crippen molar-refractivity contribution in [2.24, 2.45) is 34.5 Å². The smallest absolute Gasteiger partial charge is 0.187 e. The van der Waals surface area contributed by atoms with E-state index in [0.29, 0.717) is 36.5 Å². The van der Waals surface area contributed by atoms with Gasteiger partial charge in [0.2, 0.25) is 0 Å². The van der Waals surface area contributed by atoms with Crippen molar-refractivity contribution in [3.05, 3.63) is 11.6 Å². The number of Topliss-reactive ketones (excluding diaryl/α,β-unsaturated/α-hetero) is 1. The summed E-state index contributed by atoms with van der Waals surface area (Å²) in [7, 11) is 0. The first kappa shape index (κ1) is 41.0. The number of ketones is 1. The molecule has 6 fully saturated rings. The zero-order chi connectivity index (χ0) is 38.9. The van der Waals surface area contributed by atoms with Gasteiger partial charge in [-0.15, -0.1) is 0 Å². The summed E-state index contributed by atoms with van der Waals surface area (Å²) >= 11 is 0. The molecule has 3 heterocycles. The first-order valence-corrected chi connectivity index (χ1v) is 19.7. The topological polar surface area (TPSA) is 255 Å². The number of hydrogen-bond acceptors (Lipinski definition) is 16. The number of rotatable bonds is 9. The number of hydrogen-bond donors (Lipinski definition) is 9. The summed E-state index contributed by atoms with van der Waals surface area (Å²) in [4.78, 5) is 12.5. The Bertz CT molecular complexity index is 1360. The lowest BCUT2D eigenvalue weighted by Crippen LogP contribution is -2.66. The monoisotopic (exact) mass is 772 g/mol. The van der Waals surface area contributed by atoms with E-state index in [1.807, 2.05) is 0 Å². The average Bonchev–Trinajstić information content (AvgIpc) is 3.51. The lowest BCUT2D eigenvalue weighted by Gasteiger charge is -2.61. The van der Waals surface area contributed by atoms with E-state index in [9.17, 15) is 50.8 Å². The van der Waals surface area contributed by atoms with E-state index in [1.165, 1.54) is 0 Å². The van der Waals surface area contributed by atoms with E-state index in [1.54, 1.807) is 6.92 Å². The molecule has 0 bridgehead atoms. The molecule has 0 aromatic rings. The minimum absolute atomic E-state index is 0.0633. The maximum absolute atomic E-state index is 12.5. The SMILES string of the molecule is CC(=O)C1=CC[C@H]2[C@@H]3CC[C@@H]4C[C@@H](O[C@@H]5O[C@H](CO)[C@@H](O[C@H]6OC[C@@H](O)[C@@H](O)[C@@H]6O)[C@H](O)[C@H]5O[C@@H]5O[C@H](CO)[C@@H](O)[C@H](O)[C@H]5O)CC[C@]4(C)[C@H]3CC[C@]12C. The standard InChI is InChI=1S/C38H60O16/c1-16(41)20-6-7-21-19-5-4-17-12-18(8-10-37(17,2)22(19)9-11-38(20,21)3)50-36-33(54-35-30(47)28(45)27(44)24(13-39)51-35)31(48)32(25(14-40)52-36)53-34-29(46)26(43)23(42)15-49-34/h6,17-19,21-36,39-40,42-48H,4-5,7-15H2,1-3H3/t17-,18+,19+,21+,22+,23-,24-,25-,26-,27-,28+,29+,30-,31+,32-,33-,34-,35+,36-,37+,38-/m1/s1. The average molecular weight is 773 g/mol. The molecule has 0 unspecified atom stereocenters. The number of fused-ring (bicyclic) bond motifs is 5. The van der Waals surface area contributed by atoms with Gasteiger partial charge in [0.05, 0.1) is 25.9 Å². The molecule has 7 rings (SSSR count). The minimum Gasteiger partial charge on any atom is -0.394 e. The molecule has 54 heavy (non-hydrogen) atoms. The highest BCUT2D eigenvalue weighted by Gasteiger charge is 2.60. The Morgan fingerprint density at radius 2 is 1.43 bits per heavy atom. The van der Waals surface area contributed by atoms with Crippen LogP contribution in [0.4, 0.5) is 0 Å². The van der Waals surface area contributed by atoms with Crippen LogP contribution in [0.25, 0.3) is 0 Å². The van der Waals surface area contributed by atoms with Crippen LogP contribution in [0.15, 0.2) is 11.6 Å². The summed E-state index contributed by atoms with van der Waals surface area (Å²) in [5, 5.41) is 94.4. The fourth-order valence-electron chi connectivity index (χ4n) is 11.5. The van der Waals surface area contributed by atoms with Gasteiger partial charge in [-0.05, 0) is 98.4 Å². The van der Waals surface area contributed by atoms with Crippen LogP contribution in [-0.2, 0) is 33.2 Å². The molecule has 0 aromatic carbocycles. The van der Waals surface area contributed by atoms with Crippen molar-refractivity contribution in [2.45, 2.75) is 164 Å². The van der Waals surface area contributed by atoms with Gasteiger partial charge < -0.3 is 74.4 Å². The lowest BCUT2D eigenvalue weighted by atomic mass is 9.44. The summed E-state index contributed by atoms with van der Waals surface area (Å²) in [6.07, 6.45) is -12.6. The van der Waals surface area contributed by atoms with Crippen LogP contribution < -0.4 is 0 Å². The van der Waals surface area contributed by atoms with Gasteiger partial charge in [-0.1, -0.05) is 19.9 Å². The van der Waals surface area contributed by atoms with Crippen molar-refractivity contribution in [1.29, 1.82) is 0 Å². The van der Waals surface area contributed by atoms with E-state index >= 15 is 0 Å². The van der Waals surface area contributed by atoms with Crippen LogP contribution in [0.3, 0.4) is 0 Å². The van der Waals surface area contributed by atoms with Crippen molar-refractivity contribution in [1.82, 2.24) is 0 Å². The van der Waals surface area contributed by atoms with Crippen LogP contribution >= 0.6 is 0 Å². The molecule has 0 radical (unpaired) electrons. The Kier molecular flexibility index (Phi) is 12.0. The van der Waals surface area contributed by atoms with Crippen LogP contribution in [0, 0.1) is 34.5 Å². The number of aliphatic hydroxyl groups excluding tert-OH is 9. The van der Waals surface area contributed by atoms with Gasteiger partial charge in [0, 0.05) is 0 Å². The Hall–Kier alpha value is -1.19. The lowest BCUT2D eigenvalue weighted by molar-refractivity contribution is -0.388. The summed E-state index contributed by atoms with van der Waals surface area (Å²) in [5.41, 5.74) is 0.991. The molecule has 0 amide bonds. The summed E-state index contributed by atoms with van der Waals surface area (Å²) in [6.45, 7) is 4.60. The van der Waals surface area contributed by atoms with Gasteiger partial charge in [-0.2, -0.15) is 0 Å². The van der Waals surface area contributed by atoms with E-state index in [2.05, 4.69) is 19.9 Å². The predicted molar refractivity (Wildman–Crippen MR) is 184 cm³/mol. The molecule has 7 aliphatic rings. The van der Waals surface area contributed by atoms with Crippen molar-refractivity contribution in [3.8, 4) is 0 Å². The zero-order valence-corrected chi connectivity index (χ0v) is 31.2. The van der Waals surface area contributed by atoms with Crippen molar-refractivity contribution in [3.63, 3.8) is 0 Å². The molecular formula is C38H60O16. The molecule has 308 valence electrons. The molecule has 3 saturated carbocycles. The van der Waals surface area contributed by atoms with E-state index in [-0.39, 0.29) is 29.3 Å². The van der Waals surface area contributed by atoms with Crippen molar-refractivity contribution >= 4 is 5.78 Å². The summed E-state index contributed by atoms with van der Waals surface area (Å²) in [6, 6.07) is 0. The second-order valence-corrected chi connectivity index (χ2v) is 17.4. The maximum atomic E-state index is 12.5. The van der Waals surface area contributed by atoms with Gasteiger partial charge in [-0.25, -0.2) is 0 Å². The molecule has 3 aliphatic heterocycles. The molecule has 4 aliphatic carbocycles. The minimum atomic E-state index is -1.81. The third-order valence-corrected chi connectivity index (χ3v) is 14.6. The molecule has 16 nitrogen and oxygen atoms in total. The third kappa shape index (κ3) is 7.04. The maximum Gasteiger partial charge on any atom is 0.187 e. The van der Waals surface area contributed by atoms with Crippen molar-refractivity contribution in [2.75, 3.05) is 19.8 Å². The number of carbonyl (C=O) groups excluding carboxylic acids is 1. The first-order valence-electron chi connectivity index (χ1n) is 19.7. The third-order valence-electron chi connectivity index (χ3n) is 14.6. The zero-order valence-electron chi connectivity index (χ0n) is 31.2. The van der Waals surface area contributed by atoms with Gasteiger partial charge in [-0.3, -0.25) is 4.79 Å². The van der Waals surface area contributed by atoms with E-state index < -0.39 is 99.2 Å². The highest BCUT2D eigenvalue weighted by Crippen LogP contribution is 2.66. The number of ether oxygens (including phenoxy) is 6. The highest BCUT2D eigenvalue weighted by atomic mass is 16.8. The number of allylic oxidation sites excluding steroid dienone is 2. The molecule has 21 atom stereocenters. The van der Waals surface area contributed by atoms with Crippen molar-refractivity contribution < 1.29 is 79.2 Å². The molecule has 3 saturated heterocycles. The van der Waals surface area contributed by atoms with E-state index in [0.717, 1.165) is 44.1 Å². The fourth-order valence-corrected chi connectivity index (χ4v) is 11.5. The molecule has 0 aromatic heterocycles. The van der Waals surface area contributed by atoms with Crippen LogP contribution in [0.1, 0.15) is 72.1 Å². The van der Waals surface area contributed by atoms with Crippen LogP contribution in [0.5, 0.6) is 0 Å². The Morgan fingerprint density at radius 1 is 0.741 bits per heavy atom. The first-order chi connectivity index (χ1) is 25.6. The summed E-state index contributed by atoms with van der Waals surface area (Å²) in [5.74, 6) is 2.01. The molecule has 9 N–H and O–H groups in total. The second kappa shape index (κ2) is 15.9.